The van der Waals surface area contributed by atoms with Crippen molar-refractivity contribution in [2.45, 2.75) is 109 Å². The van der Waals surface area contributed by atoms with Gasteiger partial charge in [0, 0.05) is 6.54 Å². The van der Waals surface area contributed by atoms with Crippen molar-refractivity contribution in [3.63, 3.8) is 0 Å². The van der Waals surface area contributed by atoms with Gasteiger partial charge in [-0.3, -0.25) is 9.05 Å². The van der Waals surface area contributed by atoms with Gasteiger partial charge in [0.1, 0.15) is 6.10 Å². The Morgan fingerprint density at radius 2 is 1.48 bits per heavy atom. The molecule has 3 atom stereocenters. The number of rotatable bonds is 20. The second kappa shape index (κ2) is 17.6. The van der Waals surface area contributed by atoms with E-state index in [-0.39, 0.29) is 32.2 Å². The Labute approximate surface area is 177 Å². The summed E-state index contributed by atoms with van der Waals surface area (Å²) in [6.07, 6.45) is 17.6. The number of phosphoric ester groups is 1. The van der Waals surface area contributed by atoms with Crippen LogP contribution in [0.4, 0.5) is 0 Å². The molecule has 0 amide bonds. The van der Waals surface area contributed by atoms with Crippen molar-refractivity contribution in [1.82, 2.24) is 0 Å². The van der Waals surface area contributed by atoms with Crippen LogP contribution in [0.3, 0.4) is 0 Å². The first-order valence-corrected chi connectivity index (χ1v) is 13.2. The Kier molecular flexibility index (Phi) is 16.4. The number of phosphoric acid groups is 1. The molecule has 1 unspecified atom stereocenters. The van der Waals surface area contributed by atoms with Crippen LogP contribution in [-0.4, -0.2) is 43.7 Å². The van der Waals surface area contributed by atoms with Gasteiger partial charge in [0.15, 0.2) is 6.29 Å². The highest BCUT2D eigenvalue weighted by molar-refractivity contribution is 7.47. The Bertz CT molecular complexity index is 426. The van der Waals surface area contributed by atoms with Crippen molar-refractivity contribution < 1.29 is 28.0 Å². The van der Waals surface area contributed by atoms with E-state index in [9.17, 15) is 9.46 Å². The highest BCUT2D eigenvalue weighted by Gasteiger charge is 2.29. The van der Waals surface area contributed by atoms with Gasteiger partial charge >= 0.3 is 7.82 Å². The molecule has 1 aliphatic rings. The fraction of sp³-hybridized carbons (Fsp3) is 1.00. The summed E-state index contributed by atoms with van der Waals surface area (Å²) in [4.78, 5) is 9.47. The summed E-state index contributed by atoms with van der Waals surface area (Å²) in [6, 6.07) is 0. The van der Waals surface area contributed by atoms with Crippen LogP contribution in [0.5, 0.6) is 0 Å². The lowest BCUT2D eigenvalue weighted by molar-refractivity contribution is -0.0701. The maximum atomic E-state index is 11.6. The topological polar surface area (TPSA) is 100 Å². The molecule has 0 aromatic carbocycles. The maximum absolute atomic E-state index is 11.6. The second-order valence-electron chi connectivity index (χ2n) is 7.94. The van der Waals surface area contributed by atoms with E-state index in [4.69, 9.17) is 19.7 Å². The maximum Gasteiger partial charge on any atom is 0.472 e. The van der Waals surface area contributed by atoms with Crippen molar-refractivity contribution in [3.8, 4) is 0 Å². The Morgan fingerprint density at radius 3 is 2.03 bits per heavy atom. The monoisotopic (exact) mass is 437 g/mol. The van der Waals surface area contributed by atoms with Gasteiger partial charge in [0.2, 0.25) is 0 Å². The van der Waals surface area contributed by atoms with Crippen LogP contribution in [0.15, 0.2) is 0 Å². The molecular formula is C21H44NO6P. The summed E-state index contributed by atoms with van der Waals surface area (Å²) >= 11 is 0. The van der Waals surface area contributed by atoms with E-state index < -0.39 is 7.82 Å². The number of ether oxygens (including phenoxy) is 2. The van der Waals surface area contributed by atoms with Crippen molar-refractivity contribution in [2.24, 2.45) is 5.73 Å². The van der Waals surface area contributed by atoms with Gasteiger partial charge in [-0.05, 0) is 12.8 Å². The zero-order valence-corrected chi connectivity index (χ0v) is 19.3. The summed E-state index contributed by atoms with van der Waals surface area (Å²) in [6.45, 7) is 2.77. The van der Waals surface area contributed by atoms with Crippen molar-refractivity contribution in [1.29, 1.82) is 0 Å². The van der Waals surface area contributed by atoms with Crippen LogP contribution in [0, 0.1) is 0 Å². The minimum atomic E-state index is -4.05. The molecule has 1 heterocycles. The van der Waals surface area contributed by atoms with Crippen LogP contribution in [-0.2, 0) is 23.1 Å². The SMILES string of the molecule is CCCCCCCCCCCCCCC[C@@H]1OC[C@@H](COP(=O)(O)OCCN)O1. The zero-order valence-electron chi connectivity index (χ0n) is 18.4. The summed E-state index contributed by atoms with van der Waals surface area (Å²) in [5, 5.41) is 0. The molecule has 1 fully saturated rings. The van der Waals surface area contributed by atoms with Gasteiger partial charge < -0.3 is 20.1 Å². The summed E-state index contributed by atoms with van der Waals surface area (Å²) in [7, 11) is -4.05. The van der Waals surface area contributed by atoms with Gasteiger partial charge in [-0.1, -0.05) is 84.0 Å². The minimum absolute atomic E-state index is 0.0164. The minimum Gasteiger partial charge on any atom is -0.350 e. The van der Waals surface area contributed by atoms with Gasteiger partial charge in [-0.2, -0.15) is 0 Å². The highest BCUT2D eigenvalue weighted by Crippen LogP contribution is 2.43. The summed E-state index contributed by atoms with van der Waals surface area (Å²) in [5.41, 5.74) is 5.24. The molecule has 1 aliphatic heterocycles. The molecule has 0 spiro atoms. The molecule has 0 aromatic heterocycles. The first kappa shape index (κ1) is 27.0. The van der Waals surface area contributed by atoms with E-state index in [2.05, 4.69) is 11.4 Å². The molecule has 174 valence electrons. The van der Waals surface area contributed by atoms with Crippen molar-refractivity contribution >= 4 is 7.82 Å². The van der Waals surface area contributed by atoms with Crippen LogP contribution in [0.1, 0.15) is 96.8 Å². The lowest BCUT2D eigenvalue weighted by Crippen LogP contribution is -2.19. The fourth-order valence-electron chi connectivity index (χ4n) is 3.46. The van der Waals surface area contributed by atoms with E-state index in [1.54, 1.807) is 0 Å². The highest BCUT2D eigenvalue weighted by atomic mass is 31.2. The van der Waals surface area contributed by atoms with Gasteiger partial charge in [-0.15, -0.1) is 0 Å². The molecular weight excluding hydrogens is 393 g/mol. The van der Waals surface area contributed by atoms with E-state index >= 15 is 0 Å². The lowest BCUT2D eigenvalue weighted by atomic mass is 10.0. The van der Waals surface area contributed by atoms with E-state index in [1.807, 2.05) is 0 Å². The third-order valence-corrected chi connectivity index (χ3v) is 6.14. The van der Waals surface area contributed by atoms with Crippen LogP contribution >= 0.6 is 7.82 Å². The Hall–Kier alpha value is -0.0100. The van der Waals surface area contributed by atoms with Crippen LogP contribution in [0.25, 0.3) is 0 Å². The molecule has 0 saturated carbocycles. The molecule has 1 rings (SSSR count). The summed E-state index contributed by atoms with van der Waals surface area (Å²) < 4.78 is 32.5. The third kappa shape index (κ3) is 15.4. The van der Waals surface area contributed by atoms with Crippen LogP contribution < -0.4 is 5.73 Å². The molecule has 29 heavy (non-hydrogen) atoms. The standard InChI is InChI=1S/C21H44NO6P/c1-2-3-4-5-6-7-8-9-10-11-12-13-14-15-21-25-18-20(28-21)19-27-29(23,24)26-17-16-22/h20-21H,2-19,22H2,1H3,(H,23,24)/t20-,21+/m0/s1. The molecule has 3 N–H and O–H groups in total. The van der Waals surface area contributed by atoms with Crippen molar-refractivity contribution in [3.05, 3.63) is 0 Å². The predicted molar refractivity (Wildman–Crippen MR) is 116 cm³/mol. The average molecular weight is 438 g/mol. The van der Waals surface area contributed by atoms with E-state index in [0.717, 1.165) is 12.8 Å². The Balaban J connectivity index is 1.88. The number of hydrogen-bond donors (Lipinski definition) is 2. The number of nitrogens with two attached hydrogens (primary N) is 1. The van der Waals surface area contributed by atoms with Crippen LogP contribution in [0.2, 0.25) is 0 Å². The average Bonchev–Trinajstić information content (AvgIpc) is 3.16. The number of unbranched alkanes of at least 4 members (excludes halogenated alkanes) is 12. The molecule has 0 aromatic rings. The normalized spacial score (nSPS) is 21.5. The van der Waals surface area contributed by atoms with Gasteiger partial charge in [-0.25, -0.2) is 4.57 Å². The first-order chi connectivity index (χ1) is 14.1. The van der Waals surface area contributed by atoms with Gasteiger partial charge in [0.25, 0.3) is 0 Å². The number of hydrogen-bond acceptors (Lipinski definition) is 6. The smallest absolute Gasteiger partial charge is 0.350 e. The third-order valence-electron chi connectivity index (χ3n) is 5.15. The molecule has 0 bridgehead atoms. The molecule has 0 radical (unpaired) electrons. The quantitative estimate of drug-likeness (QED) is 0.197. The first-order valence-electron chi connectivity index (χ1n) is 11.7. The molecule has 0 aliphatic carbocycles. The summed E-state index contributed by atoms with van der Waals surface area (Å²) in [5.74, 6) is 0. The second-order valence-corrected chi connectivity index (χ2v) is 9.39. The zero-order chi connectivity index (χ0) is 21.2. The van der Waals surface area contributed by atoms with Crippen molar-refractivity contribution in [2.75, 3.05) is 26.4 Å². The molecule has 1 saturated heterocycles. The predicted octanol–water partition coefficient (Wildman–Crippen LogP) is 5.30. The lowest BCUT2D eigenvalue weighted by Gasteiger charge is -2.14. The molecule has 7 nitrogen and oxygen atoms in total. The van der Waals surface area contributed by atoms with E-state index in [0.29, 0.717) is 6.61 Å². The Morgan fingerprint density at radius 1 is 0.931 bits per heavy atom. The fourth-order valence-corrected chi connectivity index (χ4v) is 4.22. The molecule has 8 heteroatoms. The van der Waals surface area contributed by atoms with E-state index in [1.165, 1.54) is 77.0 Å². The largest absolute Gasteiger partial charge is 0.472 e. The van der Waals surface area contributed by atoms with Gasteiger partial charge in [0.05, 0.1) is 19.8 Å².